The maximum Gasteiger partial charge on any atom is 0.345 e. The summed E-state index contributed by atoms with van der Waals surface area (Å²) in [7, 11) is 0. The number of nitrogens with two attached hydrogens (primary N) is 1. The smallest absolute Gasteiger partial charge is 0.345 e. The number of carbonyl (C=O) groups excluding carboxylic acids is 1. The first kappa shape index (κ1) is 17.8. The van der Waals surface area contributed by atoms with Crippen LogP contribution in [0.15, 0.2) is 0 Å². The van der Waals surface area contributed by atoms with Gasteiger partial charge in [-0.2, -0.15) is 0 Å². The first-order valence-corrected chi connectivity index (χ1v) is 6.32. The van der Waals surface area contributed by atoms with E-state index >= 15 is 0 Å². The van der Waals surface area contributed by atoms with Gasteiger partial charge < -0.3 is 20.7 Å². The lowest BCUT2D eigenvalue weighted by Crippen LogP contribution is -2.41. The van der Waals surface area contributed by atoms with Gasteiger partial charge in [0.1, 0.15) is 6.23 Å². The van der Waals surface area contributed by atoms with Crippen LogP contribution in [0.25, 0.3) is 0 Å². The Bertz CT molecular complexity index is 296. The summed E-state index contributed by atoms with van der Waals surface area (Å²) in [6.07, 6.45) is -1.75. The van der Waals surface area contributed by atoms with Gasteiger partial charge in [-0.05, 0) is 12.3 Å². The van der Waals surface area contributed by atoms with Gasteiger partial charge in [-0.15, -0.1) is 0 Å². The Balaban J connectivity index is 4.27. The Kier molecular flexibility index (Phi) is 8.29. The lowest BCUT2D eigenvalue weighted by atomic mass is 10.1. The van der Waals surface area contributed by atoms with Crippen LogP contribution in [0.5, 0.6) is 0 Å². The molecule has 5 N–H and O–H groups in total. The van der Waals surface area contributed by atoms with E-state index in [9.17, 15) is 14.7 Å². The fraction of sp³-hybridized carbons (Fsp3) is 0.833. The third kappa shape index (κ3) is 7.76. The Morgan fingerprint density at radius 2 is 1.89 bits per heavy atom. The number of aliphatic hydroxyl groups is 1. The van der Waals surface area contributed by atoms with Gasteiger partial charge >= 0.3 is 11.9 Å². The summed E-state index contributed by atoms with van der Waals surface area (Å²) in [5.74, 6) is -2.20. The molecule has 0 aromatic carbocycles. The second kappa shape index (κ2) is 8.84. The predicted molar refractivity (Wildman–Crippen MR) is 69.2 cm³/mol. The highest BCUT2D eigenvalue weighted by Gasteiger charge is 2.26. The summed E-state index contributed by atoms with van der Waals surface area (Å²) in [5, 5.41) is 20.8. The van der Waals surface area contributed by atoms with Crippen LogP contribution in [0.2, 0.25) is 0 Å². The number of carboxylic acid groups (broad SMARTS) is 1. The molecule has 0 fully saturated rings. The third-order valence-corrected chi connectivity index (χ3v) is 2.50. The Labute approximate surface area is 113 Å². The van der Waals surface area contributed by atoms with Crippen LogP contribution in [0.3, 0.4) is 0 Å². The molecule has 0 amide bonds. The summed E-state index contributed by atoms with van der Waals surface area (Å²) in [5.41, 5.74) is 5.20. The van der Waals surface area contributed by atoms with Crippen LogP contribution in [-0.4, -0.2) is 47.6 Å². The van der Waals surface area contributed by atoms with Crippen LogP contribution in [0.1, 0.15) is 27.2 Å². The molecule has 19 heavy (non-hydrogen) atoms. The van der Waals surface area contributed by atoms with E-state index in [1.807, 2.05) is 13.8 Å². The van der Waals surface area contributed by atoms with Gasteiger partial charge in [0.15, 0.2) is 6.10 Å². The fourth-order valence-electron chi connectivity index (χ4n) is 1.36. The molecule has 0 rings (SSSR count). The van der Waals surface area contributed by atoms with Crippen LogP contribution >= 0.6 is 0 Å². The lowest BCUT2D eigenvalue weighted by Gasteiger charge is -2.19. The number of aliphatic carboxylic acids is 1. The molecule has 0 spiro atoms. The maximum atomic E-state index is 11.7. The molecule has 0 aromatic heterocycles. The van der Waals surface area contributed by atoms with E-state index in [0.717, 1.165) is 0 Å². The topological polar surface area (TPSA) is 122 Å². The zero-order valence-electron chi connectivity index (χ0n) is 11.6. The molecule has 0 aliphatic heterocycles. The van der Waals surface area contributed by atoms with Crippen molar-refractivity contribution in [3.05, 3.63) is 0 Å². The third-order valence-electron chi connectivity index (χ3n) is 2.50. The molecule has 0 bridgehead atoms. The van der Waals surface area contributed by atoms with E-state index in [1.165, 1.54) is 0 Å². The highest BCUT2D eigenvalue weighted by Crippen LogP contribution is 2.11. The van der Waals surface area contributed by atoms with Crippen molar-refractivity contribution in [3.63, 3.8) is 0 Å². The van der Waals surface area contributed by atoms with Crippen LogP contribution in [-0.2, 0) is 14.3 Å². The molecule has 0 aromatic rings. The highest BCUT2D eigenvalue weighted by atomic mass is 16.6. The average molecular weight is 276 g/mol. The van der Waals surface area contributed by atoms with Crippen molar-refractivity contribution >= 4 is 11.9 Å². The number of esters is 1. The molecule has 7 nitrogen and oxygen atoms in total. The highest BCUT2D eigenvalue weighted by molar-refractivity contribution is 5.79. The van der Waals surface area contributed by atoms with Crippen molar-refractivity contribution in [2.45, 2.75) is 39.5 Å². The van der Waals surface area contributed by atoms with Gasteiger partial charge in [0.2, 0.25) is 0 Å². The van der Waals surface area contributed by atoms with Crippen LogP contribution in [0.4, 0.5) is 0 Å². The summed E-state index contributed by atoms with van der Waals surface area (Å²) in [6.45, 7) is 5.50. The number of rotatable bonds is 9. The van der Waals surface area contributed by atoms with Gasteiger partial charge in [0.25, 0.3) is 0 Å². The standard InChI is InChI=1S/C12H24N2O5/c1-7(2)4-9(11(16)17)19-12(18)8(3)6-14-10(15)5-13/h7-10,14-15H,4-6,13H2,1-3H3,(H,16,17). The van der Waals surface area contributed by atoms with Crippen molar-refractivity contribution in [2.75, 3.05) is 13.1 Å². The van der Waals surface area contributed by atoms with Gasteiger partial charge in [-0.1, -0.05) is 20.8 Å². The van der Waals surface area contributed by atoms with E-state index in [0.29, 0.717) is 0 Å². The second-order valence-corrected chi connectivity index (χ2v) is 4.95. The lowest BCUT2D eigenvalue weighted by molar-refractivity contribution is -0.167. The number of ether oxygens (including phenoxy) is 1. The van der Waals surface area contributed by atoms with Crippen molar-refractivity contribution < 1.29 is 24.5 Å². The minimum absolute atomic E-state index is 0.0346. The molecule has 0 aliphatic rings. The summed E-state index contributed by atoms with van der Waals surface area (Å²) in [6, 6.07) is 0. The first-order valence-electron chi connectivity index (χ1n) is 6.32. The zero-order valence-corrected chi connectivity index (χ0v) is 11.6. The Morgan fingerprint density at radius 3 is 2.32 bits per heavy atom. The second-order valence-electron chi connectivity index (χ2n) is 4.95. The van der Waals surface area contributed by atoms with Crippen molar-refractivity contribution in [3.8, 4) is 0 Å². The van der Waals surface area contributed by atoms with E-state index in [4.69, 9.17) is 15.6 Å². The van der Waals surface area contributed by atoms with E-state index in [2.05, 4.69) is 5.32 Å². The summed E-state index contributed by atoms with van der Waals surface area (Å²) in [4.78, 5) is 22.7. The molecule has 0 aliphatic carbocycles. The molecule has 3 atom stereocenters. The number of carboxylic acids is 1. The minimum Gasteiger partial charge on any atom is -0.479 e. The summed E-state index contributed by atoms with van der Waals surface area (Å²) >= 11 is 0. The normalized spacial score (nSPS) is 15.9. The number of hydrogen-bond donors (Lipinski definition) is 4. The van der Waals surface area contributed by atoms with Crippen LogP contribution < -0.4 is 11.1 Å². The monoisotopic (exact) mass is 276 g/mol. The maximum absolute atomic E-state index is 11.7. The van der Waals surface area contributed by atoms with E-state index < -0.39 is 30.2 Å². The number of hydrogen-bond acceptors (Lipinski definition) is 6. The fourth-order valence-corrected chi connectivity index (χ4v) is 1.36. The molecule has 0 saturated heterocycles. The van der Waals surface area contributed by atoms with Crippen molar-refractivity contribution in [1.29, 1.82) is 0 Å². The molecule has 3 unspecified atom stereocenters. The number of carbonyl (C=O) groups is 2. The quantitative estimate of drug-likeness (QED) is 0.332. The van der Waals surface area contributed by atoms with Gasteiger partial charge in [-0.25, -0.2) is 4.79 Å². The first-order chi connectivity index (χ1) is 8.77. The molecule has 0 saturated carbocycles. The largest absolute Gasteiger partial charge is 0.479 e. The average Bonchev–Trinajstić information content (AvgIpc) is 2.33. The van der Waals surface area contributed by atoms with Crippen LogP contribution in [0, 0.1) is 11.8 Å². The SMILES string of the molecule is CC(C)CC(OC(=O)C(C)CNC(O)CN)C(=O)O. The Hall–Kier alpha value is -1.18. The predicted octanol–water partition coefficient (Wildman–Crippen LogP) is -0.468. The van der Waals surface area contributed by atoms with Gasteiger partial charge in [0, 0.05) is 13.1 Å². The molecule has 0 heterocycles. The molecule has 7 heteroatoms. The van der Waals surface area contributed by atoms with E-state index in [1.54, 1.807) is 6.92 Å². The number of aliphatic hydroxyl groups excluding tert-OH is 1. The van der Waals surface area contributed by atoms with Gasteiger partial charge in [-0.3, -0.25) is 10.1 Å². The van der Waals surface area contributed by atoms with E-state index in [-0.39, 0.29) is 25.4 Å². The minimum atomic E-state index is -1.15. The molecular weight excluding hydrogens is 252 g/mol. The zero-order chi connectivity index (χ0) is 15.0. The Morgan fingerprint density at radius 1 is 1.32 bits per heavy atom. The number of nitrogens with one attached hydrogen (secondary N) is 1. The van der Waals surface area contributed by atoms with Crippen molar-refractivity contribution in [2.24, 2.45) is 17.6 Å². The van der Waals surface area contributed by atoms with Gasteiger partial charge in [0.05, 0.1) is 5.92 Å². The molecule has 0 radical (unpaired) electrons. The molecular formula is C12H24N2O5. The van der Waals surface area contributed by atoms with Crippen molar-refractivity contribution in [1.82, 2.24) is 5.32 Å². The summed E-state index contributed by atoms with van der Waals surface area (Å²) < 4.78 is 4.96. The molecule has 112 valence electrons.